The van der Waals surface area contributed by atoms with Crippen LogP contribution >= 0.6 is 23.2 Å². The average Bonchev–Trinajstić information content (AvgIpc) is 2.94. The predicted molar refractivity (Wildman–Crippen MR) is 157 cm³/mol. The summed E-state index contributed by atoms with van der Waals surface area (Å²) >= 11 is 12.6. The SMILES string of the molecule is CCOC(=O)CC1CCN(Cc2cc(Oc3cnc(N4CCCCC4)cn3)nc(-c3cc(Cl)cc(Cl)c3)c2)CC1. The van der Waals surface area contributed by atoms with Gasteiger partial charge in [0.25, 0.3) is 0 Å². The molecule has 4 heterocycles. The molecule has 1 aromatic carbocycles. The highest BCUT2D eigenvalue weighted by Crippen LogP contribution is 2.31. The smallest absolute Gasteiger partial charge is 0.306 e. The van der Waals surface area contributed by atoms with Gasteiger partial charge in [-0.1, -0.05) is 23.2 Å². The highest BCUT2D eigenvalue weighted by Gasteiger charge is 2.23. The number of halogens is 2. The molecular weight excluding hydrogens is 549 g/mol. The molecule has 212 valence electrons. The van der Waals surface area contributed by atoms with Crippen LogP contribution in [-0.4, -0.2) is 58.6 Å². The molecule has 10 heteroatoms. The molecule has 40 heavy (non-hydrogen) atoms. The number of ether oxygens (including phenoxy) is 2. The Bertz CT molecular complexity index is 1270. The van der Waals surface area contributed by atoms with Crippen molar-refractivity contribution in [2.24, 2.45) is 5.92 Å². The van der Waals surface area contributed by atoms with Crippen molar-refractivity contribution in [1.29, 1.82) is 0 Å². The summed E-state index contributed by atoms with van der Waals surface area (Å²) in [5, 5.41) is 1.08. The summed E-state index contributed by atoms with van der Waals surface area (Å²) in [6.45, 7) is 6.82. The monoisotopic (exact) mass is 583 g/mol. The zero-order valence-corrected chi connectivity index (χ0v) is 24.3. The van der Waals surface area contributed by atoms with Crippen LogP contribution in [0, 0.1) is 5.92 Å². The van der Waals surface area contributed by atoms with Crippen molar-refractivity contribution in [3.8, 4) is 23.0 Å². The van der Waals surface area contributed by atoms with E-state index in [0.29, 0.717) is 46.4 Å². The van der Waals surface area contributed by atoms with Crippen LogP contribution in [0.5, 0.6) is 11.8 Å². The zero-order chi connectivity index (χ0) is 27.9. The van der Waals surface area contributed by atoms with E-state index in [1.807, 2.05) is 31.2 Å². The fourth-order valence-electron chi connectivity index (χ4n) is 5.37. The van der Waals surface area contributed by atoms with E-state index < -0.39 is 0 Å². The van der Waals surface area contributed by atoms with Gasteiger partial charge in [0.05, 0.1) is 24.7 Å². The van der Waals surface area contributed by atoms with Gasteiger partial charge in [-0.2, -0.15) is 0 Å². The molecule has 3 aromatic rings. The number of anilines is 1. The summed E-state index contributed by atoms with van der Waals surface area (Å²) < 4.78 is 11.3. The first-order valence-electron chi connectivity index (χ1n) is 14.1. The maximum Gasteiger partial charge on any atom is 0.306 e. The third-order valence-electron chi connectivity index (χ3n) is 7.40. The molecule has 0 aliphatic carbocycles. The lowest BCUT2D eigenvalue weighted by Crippen LogP contribution is -2.34. The van der Waals surface area contributed by atoms with E-state index in [9.17, 15) is 4.79 Å². The quantitative estimate of drug-likeness (QED) is 0.254. The molecule has 0 saturated carbocycles. The number of hydrogen-bond donors (Lipinski definition) is 0. The average molecular weight is 585 g/mol. The molecular formula is C30H35Cl2N5O3. The number of hydrogen-bond acceptors (Lipinski definition) is 8. The minimum Gasteiger partial charge on any atom is -0.466 e. The van der Waals surface area contributed by atoms with Gasteiger partial charge in [0, 0.05) is 47.7 Å². The number of nitrogens with zero attached hydrogens (tertiary/aromatic N) is 5. The number of benzene rings is 1. The molecule has 0 N–H and O–H groups in total. The molecule has 0 bridgehead atoms. The summed E-state index contributed by atoms with van der Waals surface area (Å²) in [5.41, 5.74) is 2.58. The Balaban J connectivity index is 1.32. The molecule has 2 saturated heterocycles. The van der Waals surface area contributed by atoms with E-state index in [1.54, 1.807) is 18.5 Å². The Morgan fingerprint density at radius 1 is 0.925 bits per heavy atom. The highest BCUT2D eigenvalue weighted by atomic mass is 35.5. The molecule has 0 radical (unpaired) electrons. The molecule has 0 spiro atoms. The minimum absolute atomic E-state index is 0.103. The molecule has 5 rings (SSSR count). The van der Waals surface area contributed by atoms with Crippen molar-refractivity contribution < 1.29 is 14.3 Å². The first kappa shape index (κ1) is 28.6. The number of esters is 1. The summed E-state index contributed by atoms with van der Waals surface area (Å²) in [6.07, 6.45) is 9.45. The molecule has 0 atom stereocenters. The lowest BCUT2D eigenvalue weighted by atomic mass is 9.93. The van der Waals surface area contributed by atoms with Gasteiger partial charge in [-0.15, -0.1) is 0 Å². The number of aromatic nitrogens is 3. The van der Waals surface area contributed by atoms with Gasteiger partial charge in [-0.25, -0.2) is 15.0 Å². The van der Waals surface area contributed by atoms with Crippen molar-refractivity contribution in [3.05, 3.63) is 58.3 Å². The van der Waals surface area contributed by atoms with Gasteiger partial charge in [-0.3, -0.25) is 9.69 Å². The van der Waals surface area contributed by atoms with Crippen LogP contribution in [0.25, 0.3) is 11.3 Å². The fourth-order valence-corrected chi connectivity index (χ4v) is 5.90. The van der Waals surface area contributed by atoms with Gasteiger partial charge < -0.3 is 14.4 Å². The van der Waals surface area contributed by atoms with Crippen molar-refractivity contribution in [2.45, 2.75) is 52.0 Å². The van der Waals surface area contributed by atoms with E-state index in [-0.39, 0.29) is 5.97 Å². The third kappa shape index (κ3) is 7.83. The zero-order valence-electron chi connectivity index (χ0n) is 22.8. The topological polar surface area (TPSA) is 80.7 Å². The molecule has 2 aliphatic rings. The summed E-state index contributed by atoms with van der Waals surface area (Å²) in [5.74, 6) is 1.95. The lowest BCUT2D eigenvalue weighted by Gasteiger charge is -2.31. The van der Waals surface area contributed by atoms with Gasteiger partial charge in [0.15, 0.2) is 0 Å². The van der Waals surface area contributed by atoms with Gasteiger partial charge in [0.1, 0.15) is 5.82 Å². The maximum absolute atomic E-state index is 11.9. The van der Waals surface area contributed by atoms with E-state index >= 15 is 0 Å². The number of likely N-dealkylation sites (tertiary alicyclic amines) is 1. The normalized spacial score (nSPS) is 16.6. The van der Waals surface area contributed by atoms with Gasteiger partial charge in [0.2, 0.25) is 11.8 Å². The molecule has 2 aromatic heterocycles. The molecule has 0 amide bonds. The standard InChI is InChI=1S/C30H35Cl2N5O3/c1-2-39-30(38)14-21-6-10-36(11-7-21)20-22-12-26(23-15-24(31)17-25(32)16-23)35-28(13-22)40-29-19-33-27(18-34-29)37-8-4-3-5-9-37/h12-13,15-19,21H,2-11,14,20H2,1H3. The predicted octanol–water partition coefficient (Wildman–Crippen LogP) is 6.79. The Morgan fingerprint density at radius 2 is 1.68 bits per heavy atom. The minimum atomic E-state index is -0.103. The molecule has 0 unspecified atom stereocenters. The summed E-state index contributed by atoms with van der Waals surface area (Å²) in [4.78, 5) is 30.4. The number of piperidine rings is 2. The van der Waals surface area contributed by atoms with Gasteiger partial charge in [-0.05, 0) is 87.9 Å². The Morgan fingerprint density at radius 3 is 2.35 bits per heavy atom. The number of carbonyl (C=O) groups excluding carboxylic acids is 1. The first-order valence-corrected chi connectivity index (χ1v) is 14.8. The van der Waals surface area contributed by atoms with E-state index in [4.69, 9.17) is 37.7 Å². The van der Waals surface area contributed by atoms with Crippen molar-refractivity contribution in [2.75, 3.05) is 37.7 Å². The van der Waals surface area contributed by atoms with Crippen LogP contribution in [0.1, 0.15) is 51.0 Å². The molecule has 8 nitrogen and oxygen atoms in total. The van der Waals surface area contributed by atoms with Crippen molar-refractivity contribution in [3.63, 3.8) is 0 Å². The Labute approximate surface area is 245 Å². The fraction of sp³-hybridized carbons (Fsp3) is 0.467. The van der Waals surface area contributed by atoms with Crippen LogP contribution in [0.3, 0.4) is 0 Å². The number of pyridine rings is 1. The second-order valence-electron chi connectivity index (χ2n) is 10.4. The highest BCUT2D eigenvalue weighted by molar-refractivity contribution is 6.35. The second-order valence-corrected chi connectivity index (χ2v) is 11.3. The van der Waals surface area contributed by atoms with Crippen molar-refractivity contribution >= 4 is 35.0 Å². The van der Waals surface area contributed by atoms with Crippen LogP contribution in [0.15, 0.2) is 42.7 Å². The van der Waals surface area contributed by atoms with E-state index in [0.717, 1.165) is 62.5 Å². The van der Waals surface area contributed by atoms with Crippen LogP contribution in [0.4, 0.5) is 5.82 Å². The lowest BCUT2D eigenvalue weighted by molar-refractivity contribution is -0.144. The van der Waals surface area contributed by atoms with Gasteiger partial charge >= 0.3 is 5.97 Å². The maximum atomic E-state index is 11.9. The largest absolute Gasteiger partial charge is 0.466 e. The first-order chi connectivity index (χ1) is 19.4. The number of rotatable bonds is 9. The molecule has 2 fully saturated rings. The Hall–Kier alpha value is -2.94. The third-order valence-corrected chi connectivity index (χ3v) is 7.83. The van der Waals surface area contributed by atoms with E-state index in [2.05, 4.69) is 19.8 Å². The van der Waals surface area contributed by atoms with Crippen LogP contribution in [0.2, 0.25) is 10.0 Å². The second kappa shape index (κ2) is 13.6. The molecule has 2 aliphatic heterocycles. The number of carbonyl (C=O) groups is 1. The van der Waals surface area contributed by atoms with Crippen LogP contribution in [-0.2, 0) is 16.1 Å². The summed E-state index contributed by atoms with van der Waals surface area (Å²) in [6, 6.07) is 9.38. The van der Waals surface area contributed by atoms with Crippen LogP contribution < -0.4 is 9.64 Å². The van der Waals surface area contributed by atoms with E-state index in [1.165, 1.54) is 19.3 Å². The summed E-state index contributed by atoms with van der Waals surface area (Å²) in [7, 11) is 0. The Kier molecular flexibility index (Phi) is 9.73. The van der Waals surface area contributed by atoms with Crippen molar-refractivity contribution in [1.82, 2.24) is 19.9 Å².